The molecule has 0 aromatic carbocycles. The summed E-state index contributed by atoms with van der Waals surface area (Å²) in [6.07, 6.45) is 17.6. The molecule has 8 nitrogen and oxygen atoms in total. The molecule has 0 aromatic heterocycles. The SMILES string of the molecule is CC(C)CCCC(C)C1CCC2C3CC=C4CC(OC(=O)OCCN(CCCN)CCCN=C(N)N)CCC4(C)C3CCC12C. The molecular weight excluding hydrogens is 562 g/mol. The Morgan fingerprint density at radius 2 is 1.78 bits per heavy atom. The quantitative estimate of drug-likeness (QED) is 0.0559. The molecule has 3 saturated carbocycles. The van der Waals surface area contributed by atoms with Crippen molar-refractivity contribution in [1.82, 2.24) is 4.90 Å². The lowest BCUT2D eigenvalue weighted by Gasteiger charge is -2.58. The Bertz CT molecular complexity index is 1010. The van der Waals surface area contributed by atoms with Gasteiger partial charge in [-0.2, -0.15) is 0 Å². The summed E-state index contributed by atoms with van der Waals surface area (Å²) in [5.41, 5.74) is 18.9. The molecule has 4 aliphatic carbocycles. The van der Waals surface area contributed by atoms with Crippen molar-refractivity contribution in [2.75, 3.05) is 39.3 Å². The summed E-state index contributed by atoms with van der Waals surface area (Å²) in [6, 6.07) is 0. The minimum absolute atomic E-state index is 0.0855. The summed E-state index contributed by atoms with van der Waals surface area (Å²) in [5.74, 6) is 5.11. The van der Waals surface area contributed by atoms with Gasteiger partial charge in [-0.15, -0.1) is 0 Å². The van der Waals surface area contributed by atoms with E-state index in [-0.39, 0.29) is 17.5 Å². The fraction of sp³-hybridized carbons (Fsp3) is 0.892. The number of aliphatic imine (C=N–C) groups is 1. The first-order chi connectivity index (χ1) is 21.5. The molecule has 8 unspecified atom stereocenters. The van der Waals surface area contributed by atoms with Crippen LogP contribution in [0, 0.1) is 46.3 Å². The molecule has 0 bridgehead atoms. The van der Waals surface area contributed by atoms with Gasteiger partial charge in [-0.1, -0.05) is 65.5 Å². The van der Waals surface area contributed by atoms with Gasteiger partial charge in [0, 0.05) is 26.1 Å². The van der Waals surface area contributed by atoms with Crippen molar-refractivity contribution >= 4 is 12.1 Å². The van der Waals surface area contributed by atoms with E-state index in [4.69, 9.17) is 26.7 Å². The molecule has 0 aliphatic heterocycles. The van der Waals surface area contributed by atoms with Crippen molar-refractivity contribution in [3.63, 3.8) is 0 Å². The minimum Gasteiger partial charge on any atom is -0.433 e. The lowest BCUT2D eigenvalue weighted by atomic mass is 9.47. The molecule has 0 amide bonds. The third-order valence-corrected chi connectivity index (χ3v) is 12.8. The highest BCUT2D eigenvalue weighted by Crippen LogP contribution is 2.67. The predicted octanol–water partition coefficient (Wildman–Crippen LogP) is 6.86. The Morgan fingerprint density at radius 1 is 1.00 bits per heavy atom. The van der Waals surface area contributed by atoms with Crippen molar-refractivity contribution in [3.8, 4) is 0 Å². The number of nitrogens with two attached hydrogens (primary N) is 3. The number of allylic oxidation sites excluding steroid dienone is 1. The van der Waals surface area contributed by atoms with Gasteiger partial charge in [-0.3, -0.25) is 9.89 Å². The van der Waals surface area contributed by atoms with E-state index in [2.05, 4.69) is 50.6 Å². The second-order valence-corrected chi connectivity index (χ2v) is 16.0. The number of hydrogen-bond donors (Lipinski definition) is 3. The monoisotopic (exact) mass is 630 g/mol. The highest BCUT2D eigenvalue weighted by atomic mass is 16.7. The Hall–Kier alpha value is -1.80. The molecule has 0 saturated heterocycles. The van der Waals surface area contributed by atoms with Crippen LogP contribution in [0.25, 0.3) is 0 Å². The zero-order valence-electron chi connectivity index (χ0n) is 29.4. The van der Waals surface area contributed by atoms with Crippen molar-refractivity contribution in [1.29, 1.82) is 0 Å². The Kier molecular flexibility index (Phi) is 13.1. The summed E-state index contributed by atoms with van der Waals surface area (Å²) in [4.78, 5) is 19.0. The van der Waals surface area contributed by atoms with Crippen LogP contribution in [0.15, 0.2) is 16.6 Å². The molecule has 0 radical (unpaired) electrons. The minimum atomic E-state index is -0.537. The first-order valence-corrected chi connectivity index (χ1v) is 18.5. The van der Waals surface area contributed by atoms with E-state index < -0.39 is 6.16 Å². The highest BCUT2D eigenvalue weighted by molar-refractivity contribution is 5.75. The van der Waals surface area contributed by atoms with E-state index in [1.165, 1.54) is 51.4 Å². The van der Waals surface area contributed by atoms with Gasteiger partial charge in [-0.25, -0.2) is 4.79 Å². The molecule has 3 fully saturated rings. The van der Waals surface area contributed by atoms with Gasteiger partial charge < -0.3 is 26.7 Å². The second-order valence-electron chi connectivity index (χ2n) is 16.0. The standard InChI is InChI=1S/C37H67N5O3/c1-26(2)9-6-10-27(3)31-13-14-32-30-12-11-28-25-29(15-17-36(28,4)33(30)16-18-37(31,32)5)45-35(43)44-24-23-42(21-7-19-38)22-8-20-41-34(39)40/h11,26-27,29-33H,6-10,12-25,38H2,1-5H3,(H4,39,40,41). The van der Waals surface area contributed by atoms with Gasteiger partial charge in [-0.05, 0) is 117 Å². The fourth-order valence-corrected chi connectivity index (χ4v) is 10.3. The van der Waals surface area contributed by atoms with Crippen LogP contribution in [-0.2, 0) is 9.47 Å². The maximum absolute atomic E-state index is 12.7. The summed E-state index contributed by atoms with van der Waals surface area (Å²) < 4.78 is 11.4. The molecule has 4 aliphatic rings. The summed E-state index contributed by atoms with van der Waals surface area (Å²) in [7, 11) is 0. The molecule has 6 N–H and O–H groups in total. The van der Waals surface area contributed by atoms with Crippen molar-refractivity contribution < 1.29 is 14.3 Å². The highest BCUT2D eigenvalue weighted by Gasteiger charge is 2.59. The lowest BCUT2D eigenvalue weighted by Crippen LogP contribution is -2.51. The first kappa shape index (κ1) is 36.0. The van der Waals surface area contributed by atoms with Gasteiger partial charge in [0.25, 0.3) is 0 Å². The zero-order chi connectivity index (χ0) is 32.6. The fourth-order valence-electron chi connectivity index (χ4n) is 10.3. The van der Waals surface area contributed by atoms with Gasteiger partial charge in [0.05, 0.1) is 0 Å². The van der Waals surface area contributed by atoms with Gasteiger partial charge >= 0.3 is 6.16 Å². The number of carbonyl (C=O) groups is 1. The lowest BCUT2D eigenvalue weighted by molar-refractivity contribution is -0.0619. The van der Waals surface area contributed by atoms with Gasteiger partial charge in [0.1, 0.15) is 12.7 Å². The smallest absolute Gasteiger partial charge is 0.433 e. The molecule has 4 rings (SSSR count). The molecule has 0 heterocycles. The van der Waals surface area contributed by atoms with Crippen LogP contribution in [0.5, 0.6) is 0 Å². The average molecular weight is 630 g/mol. The van der Waals surface area contributed by atoms with Gasteiger partial charge in [0.2, 0.25) is 0 Å². The molecule has 8 atom stereocenters. The normalized spacial score (nSPS) is 33.2. The van der Waals surface area contributed by atoms with E-state index in [9.17, 15) is 4.79 Å². The Morgan fingerprint density at radius 3 is 2.51 bits per heavy atom. The predicted molar refractivity (Wildman–Crippen MR) is 185 cm³/mol. The van der Waals surface area contributed by atoms with E-state index in [0.29, 0.717) is 31.7 Å². The van der Waals surface area contributed by atoms with Crippen LogP contribution in [0.3, 0.4) is 0 Å². The van der Waals surface area contributed by atoms with E-state index >= 15 is 0 Å². The molecule has 0 spiro atoms. The number of carbonyl (C=O) groups excluding carboxylic acids is 1. The summed E-state index contributed by atoms with van der Waals surface area (Å²) in [6.45, 7) is 16.3. The summed E-state index contributed by atoms with van der Waals surface area (Å²) in [5, 5.41) is 0. The third kappa shape index (κ3) is 8.97. The van der Waals surface area contributed by atoms with E-state index in [1.54, 1.807) is 5.57 Å². The first-order valence-electron chi connectivity index (χ1n) is 18.5. The van der Waals surface area contributed by atoms with Crippen LogP contribution in [0.1, 0.15) is 118 Å². The van der Waals surface area contributed by atoms with Crippen molar-refractivity contribution in [2.45, 2.75) is 124 Å². The maximum atomic E-state index is 12.7. The van der Waals surface area contributed by atoms with Crippen LogP contribution < -0.4 is 17.2 Å². The molecule has 0 aromatic rings. The van der Waals surface area contributed by atoms with Crippen LogP contribution >= 0.6 is 0 Å². The molecule has 45 heavy (non-hydrogen) atoms. The number of hydrogen-bond acceptors (Lipinski definition) is 6. The number of nitrogens with zero attached hydrogens (tertiary/aromatic N) is 2. The molecule has 8 heteroatoms. The second kappa shape index (κ2) is 16.3. The number of fused-ring (bicyclic) bond motifs is 5. The largest absolute Gasteiger partial charge is 0.508 e. The third-order valence-electron chi connectivity index (χ3n) is 12.8. The summed E-state index contributed by atoms with van der Waals surface area (Å²) >= 11 is 0. The topological polar surface area (TPSA) is 129 Å². The van der Waals surface area contributed by atoms with Crippen molar-refractivity contribution in [3.05, 3.63) is 11.6 Å². The number of ether oxygens (including phenoxy) is 2. The average Bonchev–Trinajstić information content (AvgIpc) is 3.35. The van der Waals surface area contributed by atoms with E-state index in [0.717, 1.165) is 80.7 Å². The Balaban J connectivity index is 1.26. The zero-order valence-corrected chi connectivity index (χ0v) is 29.4. The van der Waals surface area contributed by atoms with Crippen LogP contribution in [-0.4, -0.2) is 62.4 Å². The maximum Gasteiger partial charge on any atom is 0.508 e. The molecule has 258 valence electrons. The van der Waals surface area contributed by atoms with Gasteiger partial charge in [0.15, 0.2) is 5.96 Å². The van der Waals surface area contributed by atoms with Crippen LogP contribution in [0.4, 0.5) is 4.79 Å². The Labute approximate surface area is 274 Å². The molecular formula is C37H67N5O3. The van der Waals surface area contributed by atoms with Crippen molar-refractivity contribution in [2.24, 2.45) is 68.5 Å². The van der Waals surface area contributed by atoms with E-state index in [1.807, 2.05) is 0 Å². The number of rotatable bonds is 16. The number of guanidine groups is 1. The van der Waals surface area contributed by atoms with Crippen LogP contribution in [0.2, 0.25) is 0 Å².